The highest BCUT2D eigenvalue weighted by atomic mass is 35.5. The van der Waals surface area contributed by atoms with E-state index in [1.54, 1.807) is 19.1 Å². The van der Waals surface area contributed by atoms with E-state index in [0.717, 1.165) is 6.42 Å². The Hall–Kier alpha value is -1.64. The fourth-order valence-corrected chi connectivity index (χ4v) is 3.08. The lowest BCUT2D eigenvalue weighted by molar-refractivity contribution is -0.119. The molecular formula is C14H21ClN4O3S. The SMILES string of the molecule is CC(CN)C(=O)Nc1cccc(S(=O)(=O)NC2=NCCC2)c1.Cl. The van der Waals surface area contributed by atoms with E-state index in [1.165, 1.54) is 12.1 Å². The summed E-state index contributed by atoms with van der Waals surface area (Å²) in [5.41, 5.74) is 5.86. The van der Waals surface area contributed by atoms with E-state index in [-0.39, 0.29) is 35.7 Å². The van der Waals surface area contributed by atoms with Gasteiger partial charge in [-0.15, -0.1) is 12.4 Å². The number of hydrogen-bond donors (Lipinski definition) is 3. The van der Waals surface area contributed by atoms with E-state index in [0.29, 0.717) is 24.5 Å². The number of rotatable bonds is 5. The van der Waals surface area contributed by atoms with Crippen LogP contribution in [0.4, 0.5) is 5.69 Å². The molecule has 1 aromatic carbocycles. The number of anilines is 1. The number of benzene rings is 1. The van der Waals surface area contributed by atoms with Gasteiger partial charge in [-0.2, -0.15) is 0 Å². The fraction of sp³-hybridized carbons (Fsp3) is 0.429. The molecule has 23 heavy (non-hydrogen) atoms. The average Bonchev–Trinajstić information content (AvgIpc) is 2.98. The normalized spacial score (nSPS) is 15.3. The molecule has 2 rings (SSSR count). The van der Waals surface area contributed by atoms with Crippen LogP contribution in [0.2, 0.25) is 0 Å². The molecule has 7 nitrogen and oxygen atoms in total. The first-order valence-electron chi connectivity index (χ1n) is 7.09. The molecule has 0 radical (unpaired) electrons. The van der Waals surface area contributed by atoms with Crippen LogP contribution in [-0.4, -0.2) is 33.3 Å². The monoisotopic (exact) mass is 360 g/mol. The van der Waals surface area contributed by atoms with E-state index in [4.69, 9.17) is 5.73 Å². The first kappa shape index (κ1) is 19.4. The minimum atomic E-state index is -3.68. The number of amidine groups is 1. The highest BCUT2D eigenvalue weighted by Crippen LogP contribution is 2.17. The summed E-state index contributed by atoms with van der Waals surface area (Å²) in [6.45, 7) is 2.58. The van der Waals surface area contributed by atoms with Crippen molar-refractivity contribution < 1.29 is 13.2 Å². The third kappa shape index (κ3) is 5.19. The van der Waals surface area contributed by atoms with Crippen molar-refractivity contribution in [2.75, 3.05) is 18.4 Å². The van der Waals surface area contributed by atoms with Gasteiger partial charge in [0.2, 0.25) is 5.91 Å². The van der Waals surface area contributed by atoms with Crippen molar-refractivity contribution >= 4 is 39.9 Å². The van der Waals surface area contributed by atoms with Crippen molar-refractivity contribution in [1.29, 1.82) is 0 Å². The molecule has 0 aliphatic carbocycles. The summed E-state index contributed by atoms with van der Waals surface area (Å²) in [6.07, 6.45) is 1.48. The van der Waals surface area contributed by atoms with Crippen LogP contribution >= 0.6 is 12.4 Å². The Morgan fingerprint density at radius 2 is 2.17 bits per heavy atom. The molecular weight excluding hydrogens is 340 g/mol. The van der Waals surface area contributed by atoms with Crippen LogP contribution in [0, 0.1) is 5.92 Å². The lowest BCUT2D eigenvalue weighted by Gasteiger charge is -2.12. The molecule has 0 saturated carbocycles. The number of sulfonamides is 1. The van der Waals surface area contributed by atoms with Gasteiger partial charge < -0.3 is 11.1 Å². The van der Waals surface area contributed by atoms with Gasteiger partial charge in [0.05, 0.1) is 4.90 Å². The number of nitrogens with one attached hydrogen (secondary N) is 2. The van der Waals surface area contributed by atoms with Gasteiger partial charge in [-0.25, -0.2) is 8.42 Å². The maximum absolute atomic E-state index is 12.3. The Labute approximate surface area is 142 Å². The summed E-state index contributed by atoms with van der Waals surface area (Å²) in [4.78, 5) is 16.0. The molecule has 9 heteroatoms. The molecule has 1 aliphatic rings. The maximum atomic E-state index is 12.3. The summed E-state index contributed by atoms with van der Waals surface area (Å²) < 4.78 is 27.1. The van der Waals surface area contributed by atoms with E-state index in [9.17, 15) is 13.2 Å². The van der Waals surface area contributed by atoms with Crippen molar-refractivity contribution in [3.63, 3.8) is 0 Å². The smallest absolute Gasteiger partial charge is 0.262 e. The van der Waals surface area contributed by atoms with E-state index in [1.807, 2.05) is 0 Å². The molecule has 0 saturated heterocycles. The predicted octanol–water partition coefficient (Wildman–Crippen LogP) is 1.11. The molecule has 1 atom stereocenters. The number of nitrogens with zero attached hydrogens (tertiary/aromatic N) is 1. The number of aliphatic imine (C=N–C) groups is 1. The zero-order valence-electron chi connectivity index (χ0n) is 12.8. The molecule has 0 aromatic heterocycles. The van der Waals surface area contributed by atoms with Gasteiger partial charge in [0.25, 0.3) is 10.0 Å². The topological polar surface area (TPSA) is 114 Å². The minimum Gasteiger partial charge on any atom is -0.330 e. The first-order chi connectivity index (χ1) is 10.4. The van der Waals surface area contributed by atoms with E-state index < -0.39 is 10.0 Å². The van der Waals surface area contributed by atoms with Crippen LogP contribution in [0.3, 0.4) is 0 Å². The number of carbonyl (C=O) groups is 1. The highest BCUT2D eigenvalue weighted by molar-refractivity contribution is 7.90. The minimum absolute atomic E-state index is 0. The summed E-state index contributed by atoms with van der Waals surface area (Å²) >= 11 is 0. The molecule has 4 N–H and O–H groups in total. The number of hydrogen-bond acceptors (Lipinski definition) is 5. The molecule has 0 fully saturated rings. The number of nitrogens with two attached hydrogens (primary N) is 1. The number of halogens is 1. The first-order valence-corrected chi connectivity index (χ1v) is 8.58. The Balaban J connectivity index is 0.00000264. The highest BCUT2D eigenvalue weighted by Gasteiger charge is 2.19. The standard InChI is InChI=1S/C14H20N4O3S.ClH/c1-10(9-15)14(19)17-11-4-2-5-12(8-11)22(20,21)18-13-6-3-7-16-13;/h2,4-5,8,10H,3,6-7,9,15H2,1H3,(H,16,18)(H,17,19);1H. The Kier molecular flexibility index (Phi) is 6.99. The average molecular weight is 361 g/mol. The molecule has 1 unspecified atom stereocenters. The molecule has 1 heterocycles. The van der Waals surface area contributed by atoms with E-state index >= 15 is 0 Å². The summed E-state index contributed by atoms with van der Waals surface area (Å²) in [5.74, 6) is -0.109. The van der Waals surface area contributed by atoms with Crippen molar-refractivity contribution in [3.8, 4) is 0 Å². The summed E-state index contributed by atoms with van der Waals surface area (Å²) in [5, 5.41) is 2.66. The van der Waals surface area contributed by atoms with Gasteiger partial charge in [-0.3, -0.25) is 14.5 Å². The number of amides is 1. The zero-order valence-corrected chi connectivity index (χ0v) is 14.4. The summed E-state index contributed by atoms with van der Waals surface area (Å²) in [7, 11) is -3.68. The second kappa shape index (κ2) is 8.28. The Morgan fingerprint density at radius 3 is 2.78 bits per heavy atom. The van der Waals surface area contributed by atoms with Crippen molar-refractivity contribution in [3.05, 3.63) is 24.3 Å². The van der Waals surface area contributed by atoms with Gasteiger partial charge in [0, 0.05) is 31.1 Å². The second-order valence-corrected chi connectivity index (χ2v) is 6.87. The fourth-order valence-electron chi connectivity index (χ4n) is 1.95. The van der Waals surface area contributed by atoms with Crippen LogP contribution in [-0.2, 0) is 14.8 Å². The van der Waals surface area contributed by atoms with Crippen molar-refractivity contribution in [1.82, 2.24) is 4.72 Å². The molecule has 0 bridgehead atoms. The third-order valence-corrected chi connectivity index (χ3v) is 4.72. The van der Waals surface area contributed by atoms with Crippen LogP contribution < -0.4 is 15.8 Å². The molecule has 1 aromatic rings. The zero-order chi connectivity index (χ0) is 16.2. The quantitative estimate of drug-likeness (QED) is 0.729. The largest absolute Gasteiger partial charge is 0.330 e. The molecule has 128 valence electrons. The molecule has 1 amide bonds. The molecule has 1 aliphatic heterocycles. The van der Waals surface area contributed by atoms with Gasteiger partial charge in [-0.1, -0.05) is 13.0 Å². The van der Waals surface area contributed by atoms with Crippen LogP contribution in [0.25, 0.3) is 0 Å². The van der Waals surface area contributed by atoms with Gasteiger partial charge in [-0.05, 0) is 24.6 Å². The Morgan fingerprint density at radius 1 is 1.43 bits per heavy atom. The lowest BCUT2D eigenvalue weighted by Crippen LogP contribution is -2.29. The van der Waals surface area contributed by atoms with Crippen LogP contribution in [0.1, 0.15) is 19.8 Å². The van der Waals surface area contributed by atoms with Gasteiger partial charge in [0.15, 0.2) is 0 Å². The maximum Gasteiger partial charge on any atom is 0.262 e. The van der Waals surface area contributed by atoms with E-state index in [2.05, 4.69) is 15.0 Å². The van der Waals surface area contributed by atoms with Crippen molar-refractivity contribution in [2.24, 2.45) is 16.6 Å². The second-order valence-electron chi connectivity index (χ2n) is 5.19. The lowest BCUT2D eigenvalue weighted by atomic mass is 10.1. The summed E-state index contributed by atoms with van der Waals surface area (Å²) in [6, 6.07) is 6.10. The van der Waals surface area contributed by atoms with Gasteiger partial charge >= 0.3 is 0 Å². The third-order valence-electron chi connectivity index (χ3n) is 3.34. The van der Waals surface area contributed by atoms with Crippen LogP contribution in [0.15, 0.2) is 34.2 Å². The molecule has 0 spiro atoms. The Bertz CT molecular complexity index is 691. The predicted molar refractivity (Wildman–Crippen MR) is 92.4 cm³/mol. The van der Waals surface area contributed by atoms with Crippen molar-refractivity contribution in [2.45, 2.75) is 24.7 Å². The number of carbonyl (C=O) groups excluding carboxylic acids is 1. The van der Waals surface area contributed by atoms with Crippen LogP contribution in [0.5, 0.6) is 0 Å². The van der Waals surface area contributed by atoms with Gasteiger partial charge in [0.1, 0.15) is 5.84 Å².